The van der Waals surface area contributed by atoms with Gasteiger partial charge in [0.15, 0.2) is 0 Å². The summed E-state index contributed by atoms with van der Waals surface area (Å²) in [5.41, 5.74) is 2.28. The number of hydrogen-bond donors (Lipinski definition) is 4. The summed E-state index contributed by atoms with van der Waals surface area (Å²) < 4.78 is 5.89. The highest BCUT2D eigenvalue weighted by atomic mass is 16.5. The topological polar surface area (TPSA) is 90.8 Å². The molecule has 1 heterocycles. The Balaban J connectivity index is 1.84. The number of piperidine rings is 1. The lowest BCUT2D eigenvalue weighted by Gasteiger charge is -2.22. The van der Waals surface area contributed by atoms with Gasteiger partial charge in [0.05, 0.1) is 19.3 Å². The van der Waals surface area contributed by atoms with Gasteiger partial charge >= 0.3 is 0 Å². The molecular weight excluding hydrogens is 332 g/mol. The van der Waals surface area contributed by atoms with Gasteiger partial charge in [0.2, 0.25) is 0 Å². The first-order valence-electron chi connectivity index (χ1n) is 9.53. The van der Waals surface area contributed by atoms with Crippen molar-refractivity contribution >= 4 is 5.91 Å². The van der Waals surface area contributed by atoms with Crippen LogP contribution in [-0.2, 0) is 0 Å². The first-order valence-corrected chi connectivity index (χ1v) is 9.53. The summed E-state index contributed by atoms with van der Waals surface area (Å²) in [6, 6.07) is 3.77. The smallest absolute Gasteiger partial charge is 0.251 e. The maximum atomic E-state index is 12.3. The van der Waals surface area contributed by atoms with Crippen LogP contribution in [0.25, 0.3) is 0 Å². The van der Waals surface area contributed by atoms with E-state index in [0.717, 1.165) is 42.3 Å². The molecule has 1 saturated heterocycles. The Bertz CT molecular complexity index is 562. The van der Waals surface area contributed by atoms with E-state index in [1.807, 2.05) is 26.0 Å². The molecule has 0 unspecified atom stereocenters. The van der Waals surface area contributed by atoms with E-state index in [1.165, 1.54) is 19.3 Å². The quantitative estimate of drug-likeness (QED) is 0.499. The van der Waals surface area contributed by atoms with Gasteiger partial charge in [-0.2, -0.15) is 0 Å². The Morgan fingerprint density at radius 2 is 1.96 bits per heavy atom. The number of nitrogens with one attached hydrogen (secondary N) is 2. The molecule has 1 aliphatic rings. The third-order valence-electron chi connectivity index (χ3n) is 4.93. The Hall–Kier alpha value is -1.63. The maximum Gasteiger partial charge on any atom is 0.251 e. The average Bonchev–Trinajstić information content (AvgIpc) is 2.63. The lowest BCUT2D eigenvalue weighted by molar-refractivity contribution is 0.0801. The van der Waals surface area contributed by atoms with Crippen LogP contribution in [0.15, 0.2) is 12.1 Å². The highest BCUT2D eigenvalue weighted by molar-refractivity contribution is 5.97. The molecule has 1 aromatic carbocycles. The molecule has 6 heteroatoms. The summed E-state index contributed by atoms with van der Waals surface area (Å²) in [7, 11) is 0. The summed E-state index contributed by atoms with van der Waals surface area (Å²) >= 11 is 0. The van der Waals surface area contributed by atoms with E-state index < -0.39 is 6.10 Å². The van der Waals surface area contributed by atoms with E-state index in [1.54, 1.807) is 0 Å². The molecule has 0 bridgehead atoms. The number of carbonyl (C=O) groups excluding carboxylic acids is 1. The van der Waals surface area contributed by atoms with E-state index in [9.17, 15) is 9.90 Å². The molecule has 0 aliphatic carbocycles. The number of hydrogen-bond acceptors (Lipinski definition) is 5. The number of aryl methyl sites for hydroxylation is 2. The fraction of sp³-hybridized carbons (Fsp3) is 0.650. The molecule has 0 radical (unpaired) electrons. The van der Waals surface area contributed by atoms with E-state index in [4.69, 9.17) is 9.84 Å². The summed E-state index contributed by atoms with van der Waals surface area (Å²) in [5, 5.41) is 24.2. The second kappa shape index (κ2) is 10.5. The van der Waals surface area contributed by atoms with Crippen LogP contribution in [0.5, 0.6) is 5.75 Å². The number of carbonyl (C=O) groups is 1. The second-order valence-electron chi connectivity index (χ2n) is 7.16. The first-order chi connectivity index (χ1) is 12.5. The van der Waals surface area contributed by atoms with Crippen molar-refractivity contribution in [2.45, 2.75) is 45.6 Å². The maximum absolute atomic E-state index is 12.3. The minimum absolute atomic E-state index is 0.0309. The van der Waals surface area contributed by atoms with Crippen molar-refractivity contribution in [3.05, 3.63) is 28.8 Å². The van der Waals surface area contributed by atoms with Gasteiger partial charge in [-0.1, -0.05) is 0 Å². The van der Waals surface area contributed by atoms with Crippen molar-refractivity contribution in [2.24, 2.45) is 5.92 Å². The third kappa shape index (κ3) is 6.27. The number of rotatable bonds is 9. The normalized spacial score (nSPS) is 16.3. The predicted molar refractivity (Wildman–Crippen MR) is 102 cm³/mol. The molecule has 0 aromatic heterocycles. The second-order valence-corrected chi connectivity index (χ2v) is 7.16. The number of benzene rings is 1. The van der Waals surface area contributed by atoms with E-state index in [0.29, 0.717) is 12.2 Å². The molecule has 0 spiro atoms. The van der Waals surface area contributed by atoms with Gasteiger partial charge in [0.1, 0.15) is 5.75 Å². The molecule has 4 N–H and O–H groups in total. The molecule has 1 aromatic rings. The summed E-state index contributed by atoms with van der Waals surface area (Å²) in [6.45, 7) is 6.37. The van der Waals surface area contributed by atoms with E-state index in [-0.39, 0.29) is 19.1 Å². The molecule has 0 saturated carbocycles. The van der Waals surface area contributed by atoms with Gasteiger partial charge in [0, 0.05) is 12.1 Å². The molecule has 1 atom stereocenters. The fourth-order valence-corrected chi connectivity index (χ4v) is 3.46. The van der Waals surface area contributed by atoms with Crippen LogP contribution < -0.4 is 15.4 Å². The zero-order valence-electron chi connectivity index (χ0n) is 15.9. The van der Waals surface area contributed by atoms with Crippen LogP contribution in [0, 0.1) is 19.8 Å². The predicted octanol–water partition coefficient (Wildman–Crippen LogP) is 1.55. The minimum atomic E-state index is -0.942. The number of ether oxygens (including phenoxy) is 1. The molecule has 146 valence electrons. The van der Waals surface area contributed by atoms with Crippen LogP contribution in [0.4, 0.5) is 0 Å². The third-order valence-corrected chi connectivity index (χ3v) is 4.93. The van der Waals surface area contributed by atoms with Gasteiger partial charge in [-0.25, -0.2) is 0 Å². The standard InChI is InChI=1S/C20H32N2O4/c1-14-10-18(26-9-3-4-16-5-7-21-8-6-16)11-15(2)19(14)20(25)22-12-17(24)13-23/h10-11,16-17,21,23-24H,3-9,12-13H2,1-2H3,(H,22,25)/t17-/m1/s1. The molecule has 1 amide bonds. The summed E-state index contributed by atoms with van der Waals surface area (Å²) in [6.07, 6.45) is 3.82. The van der Waals surface area contributed by atoms with Crippen molar-refractivity contribution in [1.29, 1.82) is 0 Å². The highest BCUT2D eigenvalue weighted by Gasteiger charge is 2.15. The Kier molecular flexibility index (Phi) is 8.35. The fourth-order valence-electron chi connectivity index (χ4n) is 3.46. The molecule has 1 aliphatic heterocycles. The Morgan fingerprint density at radius 1 is 1.31 bits per heavy atom. The number of aliphatic hydroxyl groups is 2. The minimum Gasteiger partial charge on any atom is -0.494 e. The molecule has 26 heavy (non-hydrogen) atoms. The Labute approximate surface area is 155 Å². The van der Waals surface area contributed by atoms with Crippen LogP contribution in [0.2, 0.25) is 0 Å². The van der Waals surface area contributed by atoms with E-state index in [2.05, 4.69) is 10.6 Å². The molecule has 1 fully saturated rings. The van der Waals surface area contributed by atoms with Gasteiger partial charge in [0.25, 0.3) is 5.91 Å². The largest absolute Gasteiger partial charge is 0.494 e. The zero-order chi connectivity index (χ0) is 18.9. The Morgan fingerprint density at radius 3 is 2.58 bits per heavy atom. The first kappa shape index (κ1) is 20.7. The molecule has 2 rings (SSSR count). The average molecular weight is 364 g/mol. The van der Waals surface area contributed by atoms with Gasteiger partial charge in [-0.15, -0.1) is 0 Å². The van der Waals surface area contributed by atoms with E-state index >= 15 is 0 Å². The lowest BCUT2D eigenvalue weighted by Crippen LogP contribution is -2.34. The summed E-state index contributed by atoms with van der Waals surface area (Å²) in [4.78, 5) is 12.3. The van der Waals surface area contributed by atoms with Crippen LogP contribution in [-0.4, -0.2) is 55.1 Å². The van der Waals surface area contributed by atoms with Crippen molar-refractivity contribution < 1.29 is 19.7 Å². The lowest BCUT2D eigenvalue weighted by atomic mass is 9.93. The van der Waals surface area contributed by atoms with Crippen LogP contribution >= 0.6 is 0 Å². The highest BCUT2D eigenvalue weighted by Crippen LogP contribution is 2.23. The monoisotopic (exact) mass is 364 g/mol. The van der Waals surface area contributed by atoms with Gasteiger partial charge < -0.3 is 25.6 Å². The molecular formula is C20H32N2O4. The van der Waals surface area contributed by atoms with Gasteiger partial charge in [-0.3, -0.25) is 4.79 Å². The zero-order valence-corrected chi connectivity index (χ0v) is 15.9. The van der Waals surface area contributed by atoms with Crippen molar-refractivity contribution in [3.63, 3.8) is 0 Å². The number of aliphatic hydroxyl groups excluding tert-OH is 2. The molecule has 6 nitrogen and oxygen atoms in total. The SMILES string of the molecule is Cc1cc(OCCCC2CCNCC2)cc(C)c1C(=O)NC[C@@H](O)CO. The van der Waals surface area contributed by atoms with Crippen molar-refractivity contribution in [1.82, 2.24) is 10.6 Å². The summed E-state index contributed by atoms with van der Waals surface area (Å²) in [5.74, 6) is 1.35. The van der Waals surface area contributed by atoms with Crippen LogP contribution in [0.3, 0.4) is 0 Å². The van der Waals surface area contributed by atoms with Crippen molar-refractivity contribution in [2.75, 3.05) is 32.8 Å². The number of amides is 1. The van der Waals surface area contributed by atoms with Crippen molar-refractivity contribution in [3.8, 4) is 5.75 Å². The van der Waals surface area contributed by atoms with Gasteiger partial charge in [-0.05, 0) is 81.8 Å². The van der Waals surface area contributed by atoms with Crippen LogP contribution in [0.1, 0.15) is 47.2 Å².